The van der Waals surface area contributed by atoms with Crippen LogP contribution in [-0.4, -0.2) is 28.7 Å². The van der Waals surface area contributed by atoms with Crippen LogP contribution in [0.25, 0.3) is 0 Å². The molecule has 0 amide bonds. The summed E-state index contributed by atoms with van der Waals surface area (Å²) in [5.41, 5.74) is 1.68. The van der Waals surface area contributed by atoms with E-state index in [2.05, 4.69) is 34.2 Å². The number of rotatable bonds is 5. The van der Waals surface area contributed by atoms with Gasteiger partial charge in [0.25, 0.3) is 0 Å². The van der Waals surface area contributed by atoms with E-state index in [-0.39, 0.29) is 11.6 Å². The zero-order chi connectivity index (χ0) is 20.3. The van der Waals surface area contributed by atoms with E-state index in [4.69, 9.17) is 0 Å². The van der Waals surface area contributed by atoms with E-state index in [1.165, 1.54) is 25.7 Å². The fourth-order valence-corrected chi connectivity index (χ4v) is 5.07. The van der Waals surface area contributed by atoms with Crippen molar-refractivity contribution in [1.29, 1.82) is 0 Å². The molecule has 1 aliphatic heterocycles. The summed E-state index contributed by atoms with van der Waals surface area (Å²) in [6.07, 6.45) is 10.9. The highest BCUT2D eigenvalue weighted by Gasteiger charge is 2.29. The van der Waals surface area contributed by atoms with Gasteiger partial charge < -0.3 is 4.74 Å². The van der Waals surface area contributed by atoms with Crippen LogP contribution >= 0.6 is 11.9 Å². The number of methoxy groups -OCH3 is 1. The topological polar surface area (TPSA) is 29.5 Å². The van der Waals surface area contributed by atoms with Crippen molar-refractivity contribution in [3.05, 3.63) is 58.7 Å². The molecule has 0 aromatic heterocycles. The highest BCUT2D eigenvalue weighted by Crippen LogP contribution is 2.38. The average Bonchev–Trinajstić information content (AvgIpc) is 2.71. The molecule has 1 aromatic carbocycles. The van der Waals surface area contributed by atoms with Gasteiger partial charge in [0.05, 0.1) is 13.0 Å². The number of halogens is 2. The molecule has 28 heavy (non-hydrogen) atoms. The van der Waals surface area contributed by atoms with E-state index in [1.54, 1.807) is 11.9 Å². The van der Waals surface area contributed by atoms with Gasteiger partial charge >= 0.3 is 5.97 Å². The number of hydrogen-bond acceptors (Lipinski definition) is 4. The Labute approximate surface area is 170 Å². The number of allylic oxidation sites excluding steroid dienone is 3. The van der Waals surface area contributed by atoms with E-state index in [9.17, 15) is 13.6 Å². The van der Waals surface area contributed by atoms with Crippen LogP contribution in [0.3, 0.4) is 0 Å². The van der Waals surface area contributed by atoms with Crippen LogP contribution in [0.2, 0.25) is 0 Å². The van der Waals surface area contributed by atoms with E-state index >= 15 is 0 Å². The van der Waals surface area contributed by atoms with Gasteiger partial charge in [0.2, 0.25) is 0 Å². The molecular weight excluding hydrogens is 380 g/mol. The summed E-state index contributed by atoms with van der Waals surface area (Å²) in [6, 6.07) is 2.64. The molecule has 0 saturated carbocycles. The van der Waals surface area contributed by atoms with Crippen LogP contribution in [0.1, 0.15) is 56.6 Å². The van der Waals surface area contributed by atoms with E-state index in [1.807, 2.05) is 0 Å². The number of carbonyl (C=O) groups excluding carboxylic acids is 1. The van der Waals surface area contributed by atoms with Gasteiger partial charge in [-0.1, -0.05) is 30.2 Å². The summed E-state index contributed by atoms with van der Waals surface area (Å²) in [6.45, 7) is 3.97. The second kappa shape index (κ2) is 9.23. The molecular formula is C22H27F2NO2S. The zero-order valence-corrected chi connectivity index (χ0v) is 17.4. The fourth-order valence-electron chi connectivity index (χ4n) is 3.68. The minimum Gasteiger partial charge on any atom is -0.469 e. The number of nitrogens with zero attached hydrogens (tertiary/aromatic N) is 1. The molecule has 1 heterocycles. The zero-order valence-electron chi connectivity index (χ0n) is 16.6. The third-order valence-electron chi connectivity index (χ3n) is 5.51. The van der Waals surface area contributed by atoms with Crippen LogP contribution in [0.5, 0.6) is 0 Å². The van der Waals surface area contributed by atoms with E-state index in [0.717, 1.165) is 31.7 Å². The Morgan fingerprint density at radius 2 is 2.07 bits per heavy atom. The highest BCUT2D eigenvalue weighted by atomic mass is 32.2. The molecule has 0 radical (unpaired) electrons. The molecule has 2 aliphatic rings. The molecule has 0 N–H and O–H groups in total. The van der Waals surface area contributed by atoms with Crippen molar-refractivity contribution in [2.24, 2.45) is 0 Å². The molecule has 1 aromatic rings. The number of esters is 1. The maximum atomic E-state index is 14.7. The van der Waals surface area contributed by atoms with E-state index < -0.39 is 23.5 Å². The summed E-state index contributed by atoms with van der Waals surface area (Å²) in [7, 11) is 1.24. The summed E-state index contributed by atoms with van der Waals surface area (Å²) >= 11 is 1.73. The number of hydrogen-bond donors (Lipinski definition) is 0. The first-order chi connectivity index (χ1) is 13.4. The van der Waals surface area contributed by atoms with Crippen LogP contribution in [0.4, 0.5) is 8.78 Å². The van der Waals surface area contributed by atoms with Crippen molar-refractivity contribution < 1.29 is 18.3 Å². The van der Waals surface area contributed by atoms with Gasteiger partial charge in [-0.15, -0.1) is 0 Å². The first-order valence-corrected chi connectivity index (χ1v) is 10.6. The minimum atomic E-state index is -0.841. The normalized spacial score (nSPS) is 24.0. The van der Waals surface area contributed by atoms with Gasteiger partial charge in [0.1, 0.15) is 11.6 Å². The fraction of sp³-hybridized carbons (Fsp3) is 0.500. The lowest BCUT2D eigenvalue weighted by molar-refractivity contribution is -0.142. The van der Waals surface area contributed by atoms with Gasteiger partial charge in [0, 0.05) is 29.0 Å². The van der Waals surface area contributed by atoms with Crippen LogP contribution in [-0.2, 0) is 16.1 Å². The molecule has 1 aliphatic carbocycles. The minimum absolute atomic E-state index is 0.0304. The predicted octanol–water partition coefficient (Wildman–Crippen LogP) is 5.52. The Balaban J connectivity index is 1.76. The first-order valence-electron chi connectivity index (χ1n) is 9.76. The van der Waals surface area contributed by atoms with E-state index in [0.29, 0.717) is 17.4 Å². The molecule has 3 rings (SSSR count). The Bertz CT molecular complexity index is 793. The van der Waals surface area contributed by atoms with Crippen LogP contribution in [0.15, 0.2) is 35.9 Å². The molecule has 1 fully saturated rings. The number of benzene rings is 1. The highest BCUT2D eigenvalue weighted by molar-refractivity contribution is 7.97. The Morgan fingerprint density at radius 3 is 2.75 bits per heavy atom. The number of carbonyl (C=O) groups is 1. The predicted molar refractivity (Wildman–Crippen MR) is 109 cm³/mol. The maximum absolute atomic E-state index is 14.7. The second-order valence-electron chi connectivity index (χ2n) is 7.49. The molecule has 0 spiro atoms. The van der Waals surface area contributed by atoms with Crippen molar-refractivity contribution in [1.82, 2.24) is 4.31 Å². The summed E-state index contributed by atoms with van der Waals surface area (Å²) in [4.78, 5) is 11.7. The number of ether oxygens (including phenoxy) is 1. The quantitative estimate of drug-likeness (QED) is 0.475. The Kier molecular flexibility index (Phi) is 6.94. The van der Waals surface area contributed by atoms with Crippen molar-refractivity contribution >= 4 is 17.9 Å². The smallest absolute Gasteiger partial charge is 0.312 e. The van der Waals surface area contributed by atoms with Crippen molar-refractivity contribution in [2.75, 3.05) is 7.11 Å². The third kappa shape index (κ3) is 4.66. The maximum Gasteiger partial charge on any atom is 0.312 e. The van der Waals surface area contributed by atoms with Gasteiger partial charge in [-0.2, -0.15) is 0 Å². The average molecular weight is 408 g/mol. The summed E-state index contributed by atoms with van der Waals surface area (Å²) in [5.74, 6) is -2.48. The lowest BCUT2D eigenvalue weighted by Gasteiger charge is -2.37. The molecule has 1 saturated heterocycles. The van der Waals surface area contributed by atoms with Crippen LogP contribution < -0.4 is 0 Å². The molecule has 3 nitrogen and oxygen atoms in total. The largest absolute Gasteiger partial charge is 0.469 e. The first kappa shape index (κ1) is 21.1. The van der Waals surface area contributed by atoms with Crippen molar-refractivity contribution in [3.8, 4) is 0 Å². The molecule has 152 valence electrons. The lowest BCUT2D eigenvalue weighted by Crippen LogP contribution is -2.35. The standard InChI is InChI=1S/C22H27F2NO2S/c1-14-9-10-21(16-7-5-4-6-8-16)28-25(14)13-17-11-20(24)18(12-19(17)23)15(2)22(26)27-3/h5,7-8,11-12,14-15,21H,4,6,9-10,13H2,1-3H3/t14-,15?,21?/m0/s1. The van der Waals surface area contributed by atoms with Crippen molar-refractivity contribution in [3.63, 3.8) is 0 Å². The molecule has 2 unspecified atom stereocenters. The SMILES string of the molecule is COC(=O)C(C)c1cc(F)c(CN2SC(C3=CCCC=C3)CC[C@@H]2C)cc1F. The lowest BCUT2D eigenvalue weighted by atomic mass is 9.98. The second-order valence-corrected chi connectivity index (χ2v) is 8.74. The monoisotopic (exact) mass is 407 g/mol. The van der Waals surface area contributed by atoms with Crippen LogP contribution in [0, 0.1) is 11.6 Å². The van der Waals surface area contributed by atoms with Crippen molar-refractivity contribution in [2.45, 2.75) is 63.3 Å². The Morgan fingerprint density at radius 1 is 1.29 bits per heavy atom. The van der Waals surface area contributed by atoms with Gasteiger partial charge in [-0.3, -0.25) is 4.79 Å². The molecule has 6 heteroatoms. The summed E-state index contributed by atoms with van der Waals surface area (Å²) in [5, 5.41) is 0.360. The summed E-state index contributed by atoms with van der Waals surface area (Å²) < 4.78 is 36.1. The van der Waals surface area contributed by atoms with Gasteiger partial charge in [-0.05, 0) is 57.2 Å². The molecule has 3 atom stereocenters. The van der Waals surface area contributed by atoms with Gasteiger partial charge in [0.15, 0.2) is 0 Å². The Hall–Kier alpha value is -1.66. The third-order valence-corrected chi connectivity index (χ3v) is 7.03. The van der Waals surface area contributed by atoms with Gasteiger partial charge in [-0.25, -0.2) is 13.1 Å². The molecule has 0 bridgehead atoms.